The molecule has 0 radical (unpaired) electrons. The predicted octanol–water partition coefficient (Wildman–Crippen LogP) is 3.93. The van der Waals surface area contributed by atoms with Gasteiger partial charge in [-0.15, -0.1) is 0 Å². The molecule has 2 heterocycles. The summed E-state index contributed by atoms with van der Waals surface area (Å²) in [6.45, 7) is 4.59. The van der Waals surface area contributed by atoms with Crippen LogP contribution in [0.15, 0.2) is 48.5 Å². The van der Waals surface area contributed by atoms with E-state index < -0.39 is 0 Å². The fourth-order valence-electron chi connectivity index (χ4n) is 5.16. The zero-order valence-electron chi connectivity index (χ0n) is 19.1. The van der Waals surface area contributed by atoms with Crippen molar-refractivity contribution in [2.45, 2.75) is 25.4 Å². The van der Waals surface area contributed by atoms with Crippen LogP contribution >= 0.6 is 0 Å². The van der Waals surface area contributed by atoms with Crippen LogP contribution in [-0.4, -0.2) is 66.8 Å². The molecule has 5 rings (SSSR count). The van der Waals surface area contributed by atoms with E-state index in [0.29, 0.717) is 5.92 Å². The number of aromatic nitrogens is 2. The molecule has 2 fully saturated rings. The van der Waals surface area contributed by atoms with Crippen LogP contribution in [0.5, 0.6) is 0 Å². The summed E-state index contributed by atoms with van der Waals surface area (Å²) >= 11 is 0. The van der Waals surface area contributed by atoms with Gasteiger partial charge in [-0.3, -0.25) is 9.69 Å². The molecule has 33 heavy (non-hydrogen) atoms. The first-order valence-corrected chi connectivity index (χ1v) is 11.9. The summed E-state index contributed by atoms with van der Waals surface area (Å²) in [6, 6.07) is 15.8. The van der Waals surface area contributed by atoms with Crippen LogP contribution < -0.4 is 5.32 Å². The number of carbonyl (C=O) groups excluding carboxylic acids is 1. The van der Waals surface area contributed by atoms with E-state index in [1.54, 1.807) is 7.11 Å². The molecule has 1 aromatic heterocycles. The highest BCUT2D eigenvalue weighted by Crippen LogP contribution is 2.34. The predicted molar refractivity (Wildman–Crippen MR) is 129 cm³/mol. The second-order valence-corrected chi connectivity index (χ2v) is 9.09. The van der Waals surface area contributed by atoms with E-state index in [1.807, 2.05) is 48.5 Å². The maximum atomic E-state index is 13.3. The van der Waals surface area contributed by atoms with E-state index in [2.05, 4.69) is 15.2 Å². The highest BCUT2D eigenvalue weighted by Gasteiger charge is 2.35. The SMILES string of the molecule is CO[C@@H]1CC(C(=O)Nc2ccccc2-c2nc3ccccc3[nH]2)CCC1CN1CCOCC1. The molecule has 0 bridgehead atoms. The monoisotopic (exact) mass is 448 g/mol. The zero-order chi connectivity index (χ0) is 22.6. The first-order chi connectivity index (χ1) is 16.2. The number of nitrogens with zero attached hydrogens (tertiary/aromatic N) is 2. The molecule has 1 amide bonds. The minimum Gasteiger partial charge on any atom is -0.381 e. The molecule has 1 aliphatic heterocycles. The largest absolute Gasteiger partial charge is 0.381 e. The van der Waals surface area contributed by atoms with Gasteiger partial charge in [-0.1, -0.05) is 24.3 Å². The summed E-state index contributed by atoms with van der Waals surface area (Å²) in [5.41, 5.74) is 3.57. The molecule has 3 aromatic rings. The number of hydrogen-bond donors (Lipinski definition) is 2. The van der Waals surface area contributed by atoms with Crippen LogP contribution in [0.25, 0.3) is 22.4 Å². The molecule has 7 heteroatoms. The molecule has 2 aromatic carbocycles. The third kappa shape index (κ3) is 4.95. The maximum Gasteiger partial charge on any atom is 0.227 e. The van der Waals surface area contributed by atoms with Gasteiger partial charge >= 0.3 is 0 Å². The lowest BCUT2D eigenvalue weighted by atomic mass is 9.79. The molecular formula is C26H32N4O3. The number of fused-ring (bicyclic) bond motifs is 1. The Kier molecular flexibility index (Phi) is 6.71. The zero-order valence-corrected chi connectivity index (χ0v) is 19.1. The van der Waals surface area contributed by atoms with Crippen LogP contribution in [0.1, 0.15) is 19.3 Å². The van der Waals surface area contributed by atoms with Crippen LogP contribution in [-0.2, 0) is 14.3 Å². The number of para-hydroxylation sites is 3. The van der Waals surface area contributed by atoms with Gasteiger partial charge in [0, 0.05) is 38.2 Å². The van der Waals surface area contributed by atoms with Gasteiger partial charge in [-0.25, -0.2) is 4.98 Å². The first-order valence-electron chi connectivity index (χ1n) is 11.9. The Hall–Kier alpha value is -2.74. The Balaban J connectivity index is 1.26. The second-order valence-electron chi connectivity index (χ2n) is 9.09. The molecule has 7 nitrogen and oxygen atoms in total. The number of anilines is 1. The number of imidazole rings is 1. The number of hydrogen-bond acceptors (Lipinski definition) is 5. The lowest BCUT2D eigenvalue weighted by Crippen LogP contribution is -2.45. The fourth-order valence-corrected chi connectivity index (χ4v) is 5.16. The number of rotatable bonds is 6. The van der Waals surface area contributed by atoms with Gasteiger partial charge in [0.1, 0.15) is 5.82 Å². The number of ether oxygens (including phenoxy) is 2. The van der Waals surface area contributed by atoms with Crippen molar-refractivity contribution in [1.29, 1.82) is 0 Å². The highest BCUT2D eigenvalue weighted by atomic mass is 16.5. The Morgan fingerprint density at radius 3 is 2.76 bits per heavy atom. The lowest BCUT2D eigenvalue weighted by molar-refractivity contribution is -0.123. The van der Waals surface area contributed by atoms with Crippen LogP contribution in [0.2, 0.25) is 0 Å². The third-order valence-electron chi connectivity index (χ3n) is 7.03. The first kappa shape index (κ1) is 22.1. The average molecular weight is 449 g/mol. The summed E-state index contributed by atoms with van der Waals surface area (Å²) in [7, 11) is 1.77. The highest BCUT2D eigenvalue weighted by molar-refractivity contribution is 5.96. The molecular weight excluding hydrogens is 416 g/mol. The number of methoxy groups -OCH3 is 1. The van der Waals surface area contributed by atoms with E-state index in [1.165, 1.54) is 0 Å². The minimum absolute atomic E-state index is 0.0559. The van der Waals surface area contributed by atoms with E-state index in [4.69, 9.17) is 14.5 Å². The van der Waals surface area contributed by atoms with Gasteiger partial charge in [0.2, 0.25) is 5.91 Å². The van der Waals surface area contributed by atoms with Crippen molar-refractivity contribution in [2.75, 3.05) is 45.3 Å². The third-order valence-corrected chi connectivity index (χ3v) is 7.03. The molecule has 2 unspecified atom stereocenters. The number of aromatic amines is 1. The number of H-pyrrole nitrogens is 1. The topological polar surface area (TPSA) is 79.5 Å². The van der Waals surface area contributed by atoms with E-state index >= 15 is 0 Å². The van der Waals surface area contributed by atoms with Crippen molar-refractivity contribution in [1.82, 2.24) is 14.9 Å². The molecule has 1 saturated heterocycles. The van der Waals surface area contributed by atoms with Gasteiger partial charge in [0.25, 0.3) is 0 Å². The standard InChI is InChI=1S/C26H32N4O3/c1-32-24-16-18(10-11-19(24)17-30-12-14-33-15-13-30)26(31)29-21-7-3-2-6-20(21)25-27-22-8-4-5-9-23(22)28-25/h2-9,18-19,24H,10-17H2,1H3,(H,27,28)(H,29,31)/t18?,19?,24-/m1/s1. The van der Waals surface area contributed by atoms with Gasteiger partial charge < -0.3 is 19.8 Å². The van der Waals surface area contributed by atoms with Crippen LogP contribution in [0.3, 0.4) is 0 Å². The molecule has 0 spiro atoms. The van der Waals surface area contributed by atoms with Crippen molar-refractivity contribution in [3.63, 3.8) is 0 Å². The number of nitrogens with one attached hydrogen (secondary N) is 2. The number of carbonyl (C=O) groups is 1. The van der Waals surface area contributed by atoms with Gasteiger partial charge in [0.05, 0.1) is 36.0 Å². The summed E-state index contributed by atoms with van der Waals surface area (Å²) in [5, 5.41) is 3.18. The Morgan fingerprint density at radius 1 is 1.15 bits per heavy atom. The van der Waals surface area contributed by atoms with Gasteiger partial charge in [-0.05, 0) is 49.4 Å². The number of amides is 1. The number of morpholine rings is 1. The minimum atomic E-state index is -0.0559. The average Bonchev–Trinajstić information content (AvgIpc) is 3.29. The molecule has 1 aliphatic carbocycles. The normalized spacial score (nSPS) is 24.1. The van der Waals surface area contributed by atoms with Crippen LogP contribution in [0.4, 0.5) is 5.69 Å². The van der Waals surface area contributed by atoms with Crippen molar-refractivity contribution in [2.24, 2.45) is 11.8 Å². The Morgan fingerprint density at radius 2 is 1.94 bits per heavy atom. The number of benzene rings is 2. The smallest absolute Gasteiger partial charge is 0.227 e. The van der Waals surface area contributed by atoms with E-state index in [-0.39, 0.29) is 17.9 Å². The molecule has 2 N–H and O–H groups in total. The molecule has 174 valence electrons. The van der Waals surface area contributed by atoms with E-state index in [9.17, 15) is 4.79 Å². The van der Waals surface area contributed by atoms with Crippen molar-refractivity contribution < 1.29 is 14.3 Å². The van der Waals surface area contributed by atoms with E-state index in [0.717, 1.165) is 80.2 Å². The van der Waals surface area contributed by atoms with Gasteiger partial charge in [-0.2, -0.15) is 0 Å². The van der Waals surface area contributed by atoms with Gasteiger partial charge in [0.15, 0.2) is 0 Å². The molecule has 3 atom stereocenters. The summed E-state index contributed by atoms with van der Waals surface area (Å²) in [4.78, 5) is 23.8. The second kappa shape index (κ2) is 10.0. The molecule has 2 aliphatic rings. The Labute approximate surface area is 194 Å². The summed E-state index contributed by atoms with van der Waals surface area (Å²) in [6.07, 6.45) is 2.74. The fraction of sp³-hybridized carbons (Fsp3) is 0.462. The summed E-state index contributed by atoms with van der Waals surface area (Å²) < 4.78 is 11.3. The van der Waals surface area contributed by atoms with Crippen molar-refractivity contribution in [3.8, 4) is 11.4 Å². The summed E-state index contributed by atoms with van der Waals surface area (Å²) in [5.74, 6) is 1.22. The Bertz CT molecular complexity index is 1060. The van der Waals surface area contributed by atoms with Crippen molar-refractivity contribution in [3.05, 3.63) is 48.5 Å². The lowest BCUT2D eigenvalue weighted by Gasteiger charge is -2.38. The van der Waals surface area contributed by atoms with Crippen molar-refractivity contribution >= 4 is 22.6 Å². The quantitative estimate of drug-likeness (QED) is 0.597. The maximum absolute atomic E-state index is 13.3. The molecule has 1 saturated carbocycles. The van der Waals surface area contributed by atoms with Crippen LogP contribution in [0, 0.1) is 11.8 Å².